The van der Waals surface area contributed by atoms with Crippen LogP contribution in [0, 0.1) is 0 Å². The molecule has 1 atom stereocenters. The lowest BCUT2D eigenvalue weighted by Crippen LogP contribution is -2.30. The quantitative estimate of drug-likeness (QED) is 0.623. The van der Waals surface area contributed by atoms with Gasteiger partial charge in [-0.15, -0.1) is 0 Å². The number of ether oxygens (including phenoxy) is 1. The molecule has 28 heavy (non-hydrogen) atoms. The highest BCUT2D eigenvalue weighted by atomic mass is 35.5. The number of fused-ring (bicyclic) bond motifs is 1. The smallest absolute Gasteiger partial charge is 0.337 e. The van der Waals surface area contributed by atoms with Gasteiger partial charge < -0.3 is 15.2 Å². The highest BCUT2D eigenvalue weighted by Crippen LogP contribution is 2.46. The fraction of sp³-hybridized carbons (Fsp3) is 0.143. The fourth-order valence-corrected chi connectivity index (χ4v) is 3.66. The molecule has 1 aliphatic heterocycles. The van der Waals surface area contributed by atoms with Crippen LogP contribution in [0.3, 0.4) is 0 Å². The largest absolute Gasteiger partial charge is 0.494 e. The third-order valence-electron chi connectivity index (χ3n) is 4.77. The number of pyridine rings is 1. The Hall–Kier alpha value is -3.25. The maximum absolute atomic E-state index is 11.6. The lowest BCUT2D eigenvalue weighted by atomic mass is 10.0. The Balaban J connectivity index is 1.58. The molecule has 0 aliphatic carbocycles. The Morgan fingerprint density at radius 1 is 1.21 bits per heavy atom. The number of carboxylic acids is 1. The summed E-state index contributed by atoms with van der Waals surface area (Å²) >= 11 is 6.54. The molecule has 0 fully saturated rings. The SMILES string of the molecule is COc1ccc(C(=O)O)c2c1N(Cl)C(Cc1ccc(-c3cccnc3)cc1)N2. The number of aromatic carboxylic acids is 1. The van der Waals surface area contributed by atoms with E-state index in [1.54, 1.807) is 12.3 Å². The predicted octanol–water partition coefficient (Wildman–Crippen LogP) is 4.41. The molecule has 1 aromatic heterocycles. The van der Waals surface area contributed by atoms with Crippen LogP contribution >= 0.6 is 11.8 Å². The van der Waals surface area contributed by atoms with E-state index < -0.39 is 5.97 Å². The average Bonchev–Trinajstić information content (AvgIpc) is 3.04. The molecule has 0 bridgehead atoms. The minimum absolute atomic E-state index is 0.163. The summed E-state index contributed by atoms with van der Waals surface area (Å²) in [5.74, 6) is -0.491. The highest BCUT2D eigenvalue weighted by Gasteiger charge is 2.34. The molecule has 0 amide bonds. The summed E-state index contributed by atoms with van der Waals surface area (Å²) in [4.78, 5) is 15.7. The van der Waals surface area contributed by atoms with Gasteiger partial charge in [-0.1, -0.05) is 30.3 Å². The van der Waals surface area contributed by atoms with E-state index in [9.17, 15) is 9.90 Å². The zero-order valence-corrected chi connectivity index (χ0v) is 15.8. The Kier molecular flexibility index (Phi) is 4.79. The van der Waals surface area contributed by atoms with Crippen molar-refractivity contribution in [1.29, 1.82) is 0 Å². The van der Waals surface area contributed by atoms with Crippen LogP contribution in [0.1, 0.15) is 15.9 Å². The number of rotatable bonds is 5. The molecular formula is C21H18ClN3O3. The maximum atomic E-state index is 11.6. The van der Waals surface area contributed by atoms with Crippen LogP contribution in [0.4, 0.5) is 11.4 Å². The molecule has 0 saturated carbocycles. The van der Waals surface area contributed by atoms with Crippen molar-refractivity contribution >= 4 is 29.1 Å². The molecule has 2 aromatic carbocycles. The zero-order chi connectivity index (χ0) is 19.7. The number of methoxy groups -OCH3 is 1. The molecule has 6 nitrogen and oxygen atoms in total. The van der Waals surface area contributed by atoms with E-state index in [1.165, 1.54) is 17.6 Å². The van der Waals surface area contributed by atoms with Gasteiger partial charge in [0.05, 0.1) is 18.4 Å². The molecule has 4 rings (SSSR count). The summed E-state index contributed by atoms with van der Waals surface area (Å²) in [5.41, 5.74) is 4.38. The van der Waals surface area contributed by atoms with E-state index in [0.29, 0.717) is 23.5 Å². The average molecular weight is 396 g/mol. The van der Waals surface area contributed by atoms with Crippen molar-refractivity contribution < 1.29 is 14.6 Å². The first kappa shape index (κ1) is 18.1. The molecule has 2 N–H and O–H groups in total. The van der Waals surface area contributed by atoms with Crippen molar-refractivity contribution in [2.24, 2.45) is 0 Å². The second-order valence-electron chi connectivity index (χ2n) is 6.46. The number of anilines is 2. The lowest BCUT2D eigenvalue weighted by molar-refractivity contribution is 0.0698. The number of aromatic nitrogens is 1. The van der Waals surface area contributed by atoms with Gasteiger partial charge >= 0.3 is 5.97 Å². The molecule has 1 aliphatic rings. The Labute approximate surface area is 167 Å². The third-order valence-corrected chi connectivity index (χ3v) is 5.17. The summed E-state index contributed by atoms with van der Waals surface area (Å²) in [6.07, 6.45) is 3.86. The van der Waals surface area contributed by atoms with Gasteiger partial charge in [0.25, 0.3) is 0 Å². The zero-order valence-electron chi connectivity index (χ0n) is 15.1. The number of hydrogen-bond donors (Lipinski definition) is 2. The van der Waals surface area contributed by atoms with Gasteiger partial charge in [0.1, 0.15) is 17.6 Å². The third kappa shape index (κ3) is 3.23. The van der Waals surface area contributed by atoms with Crippen molar-refractivity contribution in [3.63, 3.8) is 0 Å². The minimum Gasteiger partial charge on any atom is -0.494 e. The summed E-state index contributed by atoms with van der Waals surface area (Å²) in [6, 6.07) is 15.2. The molecule has 0 saturated heterocycles. The monoisotopic (exact) mass is 395 g/mol. The van der Waals surface area contributed by atoms with Gasteiger partial charge in [0, 0.05) is 30.6 Å². The molecule has 1 unspecified atom stereocenters. The maximum Gasteiger partial charge on any atom is 0.337 e. The Morgan fingerprint density at radius 3 is 2.64 bits per heavy atom. The van der Waals surface area contributed by atoms with Crippen molar-refractivity contribution in [1.82, 2.24) is 4.98 Å². The van der Waals surface area contributed by atoms with E-state index >= 15 is 0 Å². The fourth-order valence-electron chi connectivity index (χ4n) is 3.37. The van der Waals surface area contributed by atoms with Crippen molar-refractivity contribution in [3.05, 3.63) is 72.1 Å². The van der Waals surface area contributed by atoms with E-state index in [-0.39, 0.29) is 11.7 Å². The Bertz CT molecular complexity index is 1010. The summed E-state index contributed by atoms with van der Waals surface area (Å²) < 4.78 is 6.87. The number of nitrogens with zero attached hydrogens (tertiary/aromatic N) is 2. The number of benzene rings is 2. The molecule has 2 heterocycles. The van der Waals surface area contributed by atoms with Gasteiger partial charge in [-0.25, -0.2) is 4.79 Å². The van der Waals surface area contributed by atoms with Crippen LogP contribution < -0.4 is 14.5 Å². The van der Waals surface area contributed by atoms with E-state index in [4.69, 9.17) is 16.5 Å². The van der Waals surface area contributed by atoms with Crippen LogP contribution in [0.5, 0.6) is 5.75 Å². The van der Waals surface area contributed by atoms with Gasteiger partial charge in [-0.3, -0.25) is 9.40 Å². The second-order valence-corrected chi connectivity index (χ2v) is 6.82. The van der Waals surface area contributed by atoms with E-state index in [0.717, 1.165) is 16.7 Å². The van der Waals surface area contributed by atoms with Gasteiger partial charge in [-0.2, -0.15) is 0 Å². The lowest BCUT2D eigenvalue weighted by Gasteiger charge is -2.20. The molecule has 0 radical (unpaired) electrons. The van der Waals surface area contributed by atoms with E-state index in [2.05, 4.69) is 10.3 Å². The number of carboxylic acid groups (broad SMARTS) is 1. The highest BCUT2D eigenvalue weighted by molar-refractivity contribution is 6.29. The van der Waals surface area contributed by atoms with Crippen LogP contribution in [0.2, 0.25) is 0 Å². The molecule has 142 valence electrons. The minimum atomic E-state index is -1.02. The molecule has 0 spiro atoms. The van der Waals surface area contributed by atoms with Crippen molar-refractivity contribution in [2.45, 2.75) is 12.6 Å². The normalized spacial score (nSPS) is 15.1. The van der Waals surface area contributed by atoms with Crippen molar-refractivity contribution in [3.8, 4) is 16.9 Å². The number of hydrogen-bond acceptors (Lipinski definition) is 5. The first-order valence-electron chi connectivity index (χ1n) is 8.73. The van der Waals surface area contributed by atoms with Gasteiger partial charge in [-0.05, 0) is 34.9 Å². The number of carbonyl (C=O) groups is 1. The van der Waals surface area contributed by atoms with Crippen LogP contribution in [0.15, 0.2) is 60.9 Å². The summed E-state index contributed by atoms with van der Waals surface area (Å²) in [7, 11) is 1.53. The molecular weight excluding hydrogens is 378 g/mol. The predicted molar refractivity (Wildman–Crippen MR) is 109 cm³/mol. The van der Waals surface area contributed by atoms with Crippen molar-refractivity contribution in [2.75, 3.05) is 16.8 Å². The van der Waals surface area contributed by atoms with Gasteiger partial charge in [0.2, 0.25) is 0 Å². The summed E-state index contributed by atoms with van der Waals surface area (Å²) in [5, 5.41) is 12.7. The molecule has 3 aromatic rings. The first-order chi connectivity index (χ1) is 13.6. The topological polar surface area (TPSA) is 74.7 Å². The van der Waals surface area contributed by atoms with E-state index in [1.807, 2.05) is 42.6 Å². The van der Waals surface area contributed by atoms with Crippen LogP contribution in [-0.4, -0.2) is 29.3 Å². The first-order valence-corrected chi connectivity index (χ1v) is 9.07. The molecule has 7 heteroatoms. The van der Waals surface area contributed by atoms with Crippen LogP contribution in [-0.2, 0) is 6.42 Å². The Morgan fingerprint density at radius 2 is 2.00 bits per heavy atom. The number of nitrogens with one attached hydrogen (secondary N) is 1. The summed E-state index contributed by atoms with van der Waals surface area (Å²) in [6.45, 7) is 0. The van der Waals surface area contributed by atoms with Gasteiger partial charge in [0.15, 0.2) is 0 Å². The number of halogens is 1. The standard InChI is InChI=1S/C21H18ClN3O3/c1-28-17-9-8-16(21(26)27)19-20(17)25(22)18(24-19)11-13-4-6-14(7-5-13)15-3-2-10-23-12-15/h2-10,12,18,24H,11H2,1H3,(H,26,27). The van der Waals surface area contributed by atoms with Crippen LogP contribution in [0.25, 0.3) is 11.1 Å². The second kappa shape index (κ2) is 7.40.